The van der Waals surface area contributed by atoms with Crippen molar-refractivity contribution in [2.45, 2.75) is 32.0 Å². The van der Waals surface area contributed by atoms with Crippen LogP contribution < -0.4 is 0 Å². The van der Waals surface area contributed by atoms with Crippen molar-refractivity contribution in [3.8, 4) is 11.8 Å². The number of carbonyl (C=O) groups excluding carboxylic acids is 1. The number of rotatable bonds is 6. The molecule has 1 heterocycles. The molecule has 146 valence electrons. The van der Waals surface area contributed by atoms with Gasteiger partial charge in [0.25, 0.3) is 0 Å². The highest BCUT2D eigenvalue weighted by atomic mass is 16.5. The van der Waals surface area contributed by atoms with E-state index < -0.39 is 0 Å². The Bertz CT molecular complexity index is 795. The molecule has 0 amide bonds. The Morgan fingerprint density at radius 1 is 1.04 bits per heavy atom. The molecule has 0 saturated carbocycles. The van der Waals surface area contributed by atoms with Crippen LogP contribution in [0.1, 0.15) is 24.0 Å². The number of nitrogens with zero attached hydrogens (tertiary/aromatic N) is 1. The van der Waals surface area contributed by atoms with E-state index >= 15 is 0 Å². The number of ether oxygens (including phenoxy) is 2. The minimum atomic E-state index is -0.129. The van der Waals surface area contributed by atoms with Crippen molar-refractivity contribution in [3.05, 3.63) is 71.8 Å². The van der Waals surface area contributed by atoms with Crippen LogP contribution in [0.15, 0.2) is 60.7 Å². The van der Waals surface area contributed by atoms with Gasteiger partial charge in [-0.25, -0.2) is 0 Å². The SMILES string of the molecule is COC(=O)C1CCC(C#CCOCc2ccccc2)N(Cc2ccccc2)C1. The summed E-state index contributed by atoms with van der Waals surface area (Å²) in [6.07, 6.45) is 1.67. The van der Waals surface area contributed by atoms with E-state index in [0.717, 1.165) is 24.9 Å². The van der Waals surface area contributed by atoms with Gasteiger partial charge in [0.1, 0.15) is 6.61 Å². The molecule has 3 rings (SSSR count). The van der Waals surface area contributed by atoms with Crippen molar-refractivity contribution < 1.29 is 14.3 Å². The molecular formula is C24H27NO3. The first-order valence-corrected chi connectivity index (χ1v) is 9.72. The molecule has 2 unspecified atom stereocenters. The summed E-state index contributed by atoms with van der Waals surface area (Å²) in [4.78, 5) is 14.3. The smallest absolute Gasteiger partial charge is 0.309 e. The van der Waals surface area contributed by atoms with Gasteiger partial charge in [-0.2, -0.15) is 0 Å². The first kappa shape index (κ1) is 20.1. The lowest BCUT2D eigenvalue weighted by molar-refractivity contribution is -0.147. The molecule has 0 aromatic heterocycles. The number of esters is 1. The molecule has 4 nitrogen and oxygen atoms in total. The molecule has 0 bridgehead atoms. The zero-order valence-corrected chi connectivity index (χ0v) is 16.3. The number of benzene rings is 2. The normalized spacial score (nSPS) is 19.5. The molecule has 4 heteroatoms. The maximum atomic E-state index is 12.0. The standard InChI is InChI=1S/C24H27NO3/c1-27-24(26)22-14-15-23(25(18-22)17-20-9-4-2-5-10-20)13-8-16-28-19-21-11-6-3-7-12-21/h2-7,9-12,22-23H,14-19H2,1H3. The molecule has 0 N–H and O–H groups in total. The van der Waals surface area contributed by atoms with E-state index in [1.165, 1.54) is 12.7 Å². The second-order valence-electron chi connectivity index (χ2n) is 7.03. The number of carbonyl (C=O) groups is 1. The fraction of sp³-hybridized carbons (Fsp3) is 0.375. The van der Waals surface area contributed by atoms with Crippen LogP contribution in [0.2, 0.25) is 0 Å². The van der Waals surface area contributed by atoms with Crippen molar-refractivity contribution in [1.29, 1.82) is 0 Å². The van der Waals surface area contributed by atoms with Crippen LogP contribution in [-0.4, -0.2) is 37.2 Å². The summed E-state index contributed by atoms with van der Waals surface area (Å²) in [6, 6.07) is 20.5. The Morgan fingerprint density at radius 2 is 1.71 bits per heavy atom. The van der Waals surface area contributed by atoms with Crippen molar-refractivity contribution in [1.82, 2.24) is 4.90 Å². The minimum Gasteiger partial charge on any atom is -0.469 e. The van der Waals surface area contributed by atoms with Gasteiger partial charge in [0.15, 0.2) is 0 Å². The fourth-order valence-corrected chi connectivity index (χ4v) is 3.51. The van der Waals surface area contributed by atoms with Gasteiger partial charge in [-0.1, -0.05) is 72.5 Å². The molecule has 0 spiro atoms. The first-order chi connectivity index (χ1) is 13.8. The van der Waals surface area contributed by atoms with Gasteiger partial charge in [-0.15, -0.1) is 0 Å². The number of methoxy groups -OCH3 is 1. The van der Waals surface area contributed by atoms with Gasteiger partial charge in [0, 0.05) is 13.1 Å². The zero-order chi connectivity index (χ0) is 19.6. The summed E-state index contributed by atoms with van der Waals surface area (Å²) in [7, 11) is 1.46. The lowest BCUT2D eigenvalue weighted by atomic mass is 9.92. The third kappa shape index (κ3) is 5.95. The van der Waals surface area contributed by atoms with Crippen LogP contribution in [0.3, 0.4) is 0 Å². The molecule has 2 aromatic rings. The van der Waals surface area contributed by atoms with E-state index in [-0.39, 0.29) is 17.9 Å². The van der Waals surface area contributed by atoms with Crippen LogP contribution in [0, 0.1) is 17.8 Å². The number of hydrogen-bond acceptors (Lipinski definition) is 4. The molecule has 1 aliphatic rings. The van der Waals surface area contributed by atoms with Crippen LogP contribution in [0.25, 0.3) is 0 Å². The topological polar surface area (TPSA) is 38.8 Å². The summed E-state index contributed by atoms with van der Waals surface area (Å²) in [6.45, 7) is 2.42. The maximum absolute atomic E-state index is 12.0. The van der Waals surface area contributed by atoms with Gasteiger partial charge < -0.3 is 9.47 Å². The predicted octanol–water partition coefficient (Wildman–Crippen LogP) is 3.66. The van der Waals surface area contributed by atoms with Gasteiger partial charge in [0.2, 0.25) is 0 Å². The largest absolute Gasteiger partial charge is 0.469 e. The van der Waals surface area contributed by atoms with E-state index in [2.05, 4.69) is 28.9 Å². The third-order valence-corrected chi connectivity index (χ3v) is 5.00. The summed E-state index contributed by atoms with van der Waals surface area (Å²) < 4.78 is 10.6. The van der Waals surface area contributed by atoms with E-state index in [4.69, 9.17) is 9.47 Å². The summed E-state index contributed by atoms with van der Waals surface area (Å²) in [5.41, 5.74) is 2.37. The van der Waals surface area contributed by atoms with E-state index in [0.29, 0.717) is 19.8 Å². The van der Waals surface area contributed by atoms with Crippen LogP contribution in [0.5, 0.6) is 0 Å². The highest BCUT2D eigenvalue weighted by Gasteiger charge is 2.31. The zero-order valence-electron chi connectivity index (χ0n) is 16.3. The van der Waals surface area contributed by atoms with Gasteiger partial charge in [0.05, 0.1) is 25.7 Å². The number of hydrogen-bond donors (Lipinski definition) is 0. The quantitative estimate of drug-likeness (QED) is 0.438. The Morgan fingerprint density at radius 3 is 2.39 bits per heavy atom. The number of likely N-dealkylation sites (tertiary alicyclic amines) is 1. The Balaban J connectivity index is 1.58. The second-order valence-corrected chi connectivity index (χ2v) is 7.03. The average Bonchev–Trinajstić information content (AvgIpc) is 2.75. The predicted molar refractivity (Wildman–Crippen MR) is 109 cm³/mol. The Hall–Kier alpha value is -2.61. The molecular weight excluding hydrogens is 350 g/mol. The molecule has 2 aromatic carbocycles. The third-order valence-electron chi connectivity index (χ3n) is 5.00. The summed E-state index contributed by atoms with van der Waals surface area (Å²) in [5.74, 6) is 6.31. The van der Waals surface area contributed by atoms with Crippen molar-refractivity contribution >= 4 is 5.97 Å². The second kappa shape index (κ2) is 10.7. The average molecular weight is 377 g/mol. The fourth-order valence-electron chi connectivity index (χ4n) is 3.51. The van der Waals surface area contributed by atoms with Crippen LogP contribution in [0.4, 0.5) is 0 Å². The lowest BCUT2D eigenvalue weighted by Gasteiger charge is -2.36. The number of piperidine rings is 1. The minimum absolute atomic E-state index is 0.0823. The Kier molecular flexibility index (Phi) is 7.66. The van der Waals surface area contributed by atoms with E-state index in [9.17, 15) is 4.79 Å². The molecule has 1 saturated heterocycles. The lowest BCUT2D eigenvalue weighted by Crippen LogP contribution is -2.44. The van der Waals surface area contributed by atoms with Crippen LogP contribution >= 0.6 is 0 Å². The molecule has 28 heavy (non-hydrogen) atoms. The Labute approximate surface area is 167 Å². The summed E-state index contributed by atoms with van der Waals surface area (Å²) in [5, 5.41) is 0. The van der Waals surface area contributed by atoms with Crippen molar-refractivity contribution in [2.75, 3.05) is 20.3 Å². The summed E-state index contributed by atoms with van der Waals surface area (Å²) >= 11 is 0. The molecule has 1 fully saturated rings. The van der Waals surface area contributed by atoms with Gasteiger partial charge in [-0.05, 0) is 24.0 Å². The van der Waals surface area contributed by atoms with Gasteiger partial charge >= 0.3 is 5.97 Å². The highest BCUT2D eigenvalue weighted by molar-refractivity contribution is 5.72. The first-order valence-electron chi connectivity index (χ1n) is 9.72. The highest BCUT2D eigenvalue weighted by Crippen LogP contribution is 2.24. The van der Waals surface area contributed by atoms with Crippen molar-refractivity contribution in [2.24, 2.45) is 5.92 Å². The van der Waals surface area contributed by atoms with Gasteiger partial charge in [-0.3, -0.25) is 9.69 Å². The molecule has 2 atom stereocenters. The molecule has 1 aliphatic heterocycles. The molecule has 0 aliphatic carbocycles. The monoisotopic (exact) mass is 377 g/mol. The van der Waals surface area contributed by atoms with E-state index in [1.807, 2.05) is 48.5 Å². The molecule has 0 radical (unpaired) electrons. The maximum Gasteiger partial charge on any atom is 0.309 e. The van der Waals surface area contributed by atoms with Crippen molar-refractivity contribution in [3.63, 3.8) is 0 Å². The van der Waals surface area contributed by atoms with Crippen LogP contribution in [-0.2, 0) is 27.4 Å². The van der Waals surface area contributed by atoms with E-state index in [1.54, 1.807) is 0 Å².